The number of sulfonamides is 1. The van der Waals surface area contributed by atoms with Gasteiger partial charge in [-0.15, -0.1) is 5.75 Å². The molecule has 0 saturated carbocycles. The Kier molecular flexibility index (Phi) is 5.10. The Morgan fingerprint density at radius 3 is 1.87 bits per heavy atom. The first-order valence-electron chi connectivity index (χ1n) is 4.93. The lowest BCUT2D eigenvalue weighted by molar-refractivity contribution is -0.799. The van der Waals surface area contributed by atoms with Gasteiger partial charge in [-0.3, -0.25) is 4.79 Å². The summed E-state index contributed by atoms with van der Waals surface area (Å²) in [6.45, 7) is 6.66. The molecule has 0 aliphatic heterocycles. The molecule has 0 spiro atoms. The van der Waals surface area contributed by atoms with Crippen LogP contribution in [0.25, 0.3) is 0 Å². The Labute approximate surface area is 91.7 Å². The number of carbonyl (C=O) groups is 1. The average molecular weight is 237 g/mol. The molecule has 5 nitrogen and oxygen atoms in total. The zero-order valence-corrected chi connectivity index (χ0v) is 10.5. The second-order valence-corrected chi connectivity index (χ2v) is 5.20. The smallest absolute Gasteiger partial charge is 0.192 e. The van der Waals surface area contributed by atoms with E-state index in [-0.39, 0.29) is 3.89 Å². The maximum absolute atomic E-state index is 11.9. The zero-order valence-electron chi connectivity index (χ0n) is 9.69. The Morgan fingerprint density at radius 1 is 1.20 bits per heavy atom. The second kappa shape index (κ2) is 5.37. The first-order chi connectivity index (χ1) is 6.89. The summed E-state index contributed by atoms with van der Waals surface area (Å²) >= 11 is 0. The Balaban J connectivity index is 5.05. The van der Waals surface area contributed by atoms with Crippen molar-refractivity contribution in [3.05, 3.63) is 5.75 Å². The highest BCUT2D eigenvalue weighted by Crippen LogP contribution is 2.18. The van der Waals surface area contributed by atoms with Crippen molar-refractivity contribution in [3.8, 4) is 0 Å². The fourth-order valence-corrected chi connectivity index (χ4v) is 3.13. The van der Waals surface area contributed by atoms with Crippen LogP contribution in [0.4, 0.5) is 0 Å². The minimum Gasteiger partial charge on any atom is -0.490 e. The van der Waals surface area contributed by atoms with Gasteiger partial charge in [-0.05, 0) is 20.8 Å². The molecule has 0 aliphatic carbocycles. The van der Waals surface area contributed by atoms with Gasteiger partial charge in [0, 0.05) is 0 Å². The highest BCUT2D eigenvalue weighted by atomic mass is 32.2. The van der Waals surface area contributed by atoms with Crippen LogP contribution in [0.15, 0.2) is 0 Å². The fourth-order valence-electron chi connectivity index (χ4n) is 1.49. The molecule has 0 aliphatic rings. The number of carbonyl (C=O) groups excluding carboxylic acids is 1. The molecule has 0 heterocycles. The molecule has 0 bridgehead atoms. The van der Waals surface area contributed by atoms with E-state index in [1.54, 1.807) is 20.8 Å². The predicted molar refractivity (Wildman–Crippen MR) is 57.1 cm³/mol. The van der Waals surface area contributed by atoms with E-state index < -0.39 is 16.0 Å². The van der Waals surface area contributed by atoms with Crippen LogP contribution in [-0.4, -0.2) is 45.0 Å². The minimum absolute atomic E-state index is 0.123. The maximum atomic E-state index is 11.9. The second-order valence-electron chi connectivity index (χ2n) is 3.16. The summed E-state index contributed by atoms with van der Waals surface area (Å²) in [5, 5.41) is 0. The number of hydrogen-bond donors (Lipinski definition) is 0. The molecule has 0 aromatic rings. The van der Waals surface area contributed by atoms with Crippen LogP contribution < -0.4 is 0 Å². The largest absolute Gasteiger partial charge is 0.490 e. The summed E-state index contributed by atoms with van der Waals surface area (Å²) in [6.07, 6.45) is 0. The van der Waals surface area contributed by atoms with Crippen LogP contribution in [0.2, 0.25) is 0 Å². The van der Waals surface area contributed by atoms with Crippen molar-refractivity contribution in [1.29, 1.82) is 0 Å². The highest BCUT2D eigenvalue weighted by molar-refractivity contribution is 7.88. The van der Waals surface area contributed by atoms with Crippen LogP contribution in [0.5, 0.6) is 0 Å². The van der Waals surface area contributed by atoms with Crippen molar-refractivity contribution in [2.45, 2.75) is 20.8 Å². The molecular weight excluding hydrogens is 218 g/mol. The molecule has 0 unspecified atom stereocenters. The molecule has 90 valence electrons. The molecule has 0 fully saturated rings. The lowest BCUT2D eigenvalue weighted by atomic mass is 10.5. The van der Waals surface area contributed by atoms with Crippen molar-refractivity contribution in [3.63, 3.8) is 0 Å². The van der Waals surface area contributed by atoms with Gasteiger partial charge < -0.3 is 4.74 Å². The van der Waals surface area contributed by atoms with Crippen LogP contribution in [-0.2, 0) is 19.6 Å². The van der Waals surface area contributed by atoms with Gasteiger partial charge in [0.15, 0.2) is 16.0 Å². The monoisotopic (exact) mass is 237 g/mol. The highest BCUT2D eigenvalue weighted by Gasteiger charge is 2.31. The summed E-state index contributed by atoms with van der Waals surface area (Å²) in [4.78, 5) is 11.0. The summed E-state index contributed by atoms with van der Waals surface area (Å²) in [6, 6.07) is 0. The van der Waals surface area contributed by atoms with Crippen molar-refractivity contribution in [1.82, 2.24) is 0 Å². The van der Waals surface area contributed by atoms with Gasteiger partial charge in [0.05, 0.1) is 26.7 Å². The van der Waals surface area contributed by atoms with Crippen LogP contribution >= 0.6 is 0 Å². The van der Waals surface area contributed by atoms with Gasteiger partial charge in [0.2, 0.25) is 0 Å². The average Bonchev–Trinajstić information content (AvgIpc) is 2.20. The van der Waals surface area contributed by atoms with Gasteiger partial charge in [-0.1, -0.05) is 0 Å². The van der Waals surface area contributed by atoms with Crippen molar-refractivity contribution >= 4 is 16.0 Å². The van der Waals surface area contributed by atoms with E-state index >= 15 is 0 Å². The zero-order chi connectivity index (χ0) is 12.1. The topological polar surface area (TPSA) is 60.4 Å². The Morgan fingerprint density at radius 2 is 1.60 bits per heavy atom. The van der Waals surface area contributed by atoms with E-state index in [1.165, 1.54) is 0 Å². The lowest BCUT2D eigenvalue weighted by Gasteiger charge is -2.38. The van der Waals surface area contributed by atoms with Crippen molar-refractivity contribution < 1.29 is 21.8 Å². The van der Waals surface area contributed by atoms with E-state index in [0.29, 0.717) is 25.4 Å². The Bertz CT molecular complexity index is 298. The fraction of sp³-hybridized carbons (Fsp3) is 0.778. The third-order valence-electron chi connectivity index (χ3n) is 2.72. The predicted octanol–water partition coefficient (Wildman–Crippen LogP) is 0.527. The standard InChI is InChI=1S/C9H19NO4S/c1-5-10(6-2,7-3)15(12,13)8-9(11)14-4/h8H,5-7H2,1-4H3. The van der Waals surface area contributed by atoms with E-state index in [2.05, 4.69) is 4.74 Å². The first-order valence-corrected chi connectivity index (χ1v) is 6.43. The molecule has 15 heavy (non-hydrogen) atoms. The van der Waals surface area contributed by atoms with Crippen molar-refractivity contribution in [2.24, 2.45) is 0 Å². The van der Waals surface area contributed by atoms with Gasteiger partial charge in [0.25, 0.3) is 0 Å². The molecule has 0 aromatic heterocycles. The number of nitrogens with zero attached hydrogens (tertiary/aromatic N) is 1. The molecule has 0 saturated heterocycles. The molecule has 6 heteroatoms. The van der Waals surface area contributed by atoms with E-state index in [9.17, 15) is 13.2 Å². The summed E-state index contributed by atoms with van der Waals surface area (Å²) < 4.78 is 28.1. The SMILES string of the molecule is CC[N+](CC)(CC)S(=O)(=O)[CH-]C(=O)OC. The number of esters is 1. The number of methoxy groups -OCH3 is 1. The van der Waals surface area contributed by atoms with Gasteiger partial charge in [-0.25, -0.2) is 12.3 Å². The molecule has 0 aromatic carbocycles. The minimum atomic E-state index is -3.61. The lowest BCUT2D eigenvalue weighted by Crippen LogP contribution is -2.52. The molecule has 0 rings (SSSR count). The Hall–Kier alpha value is -0.750. The molecule has 0 N–H and O–H groups in total. The normalized spacial score (nSPS) is 12.3. The summed E-state index contributed by atoms with van der Waals surface area (Å²) in [5.41, 5.74) is 0. The molecule has 0 radical (unpaired) electrons. The number of quaternary nitrogens is 1. The third kappa shape index (κ3) is 2.85. The van der Waals surface area contributed by atoms with Gasteiger partial charge >= 0.3 is 0 Å². The van der Waals surface area contributed by atoms with E-state index in [4.69, 9.17) is 0 Å². The number of rotatable bonds is 6. The molecule has 0 amide bonds. The molecular formula is C9H19NO4S. The number of ether oxygens (including phenoxy) is 1. The quantitative estimate of drug-likeness (QED) is 0.384. The van der Waals surface area contributed by atoms with Crippen LogP contribution in [0, 0.1) is 5.75 Å². The van der Waals surface area contributed by atoms with E-state index in [1.807, 2.05) is 0 Å². The third-order valence-corrected chi connectivity index (χ3v) is 5.06. The van der Waals surface area contributed by atoms with Gasteiger partial charge in [0.1, 0.15) is 0 Å². The summed E-state index contributed by atoms with van der Waals surface area (Å²) in [7, 11) is -2.45. The van der Waals surface area contributed by atoms with Crippen molar-refractivity contribution in [2.75, 3.05) is 26.7 Å². The molecule has 0 atom stereocenters. The van der Waals surface area contributed by atoms with Crippen LogP contribution in [0.1, 0.15) is 20.8 Å². The van der Waals surface area contributed by atoms with Gasteiger partial charge in [-0.2, -0.15) is 0 Å². The summed E-state index contributed by atoms with van der Waals surface area (Å²) in [5.74, 6) is -0.156. The van der Waals surface area contributed by atoms with E-state index in [0.717, 1.165) is 7.11 Å². The van der Waals surface area contributed by atoms with Crippen LogP contribution in [0.3, 0.4) is 0 Å². The maximum Gasteiger partial charge on any atom is 0.192 e. The first kappa shape index (κ1) is 14.2. The number of hydrogen-bond acceptors (Lipinski definition) is 4.